The highest BCUT2D eigenvalue weighted by atomic mass is 15.0. The minimum atomic E-state index is 0.745. The molecule has 0 spiro atoms. The van der Waals surface area contributed by atoms with E-state index >= 15 is 0 Å². The quantitative estimate of drug-likeness (QED) is 0.706. The van der Waals surface area contributed by atoms with E-state index < -0.39 is 0 Å². The Morgan fingerprint density at radius 2 is 2.19 bits per heavy atom. The molecule has 2 N–H and O–H groups in total. The lowest BCUT2D eigenvalue weighted by atomic mass is 10.1. The highest BCUT2D eigenvalue weighted by molar-refractivity contribution is 4.75. The standard InChI is InChI=1S/C12H22N4/c1(2-9-16-10-8-14-11-16)5-15-12-3-6-13-7-4-12/h8,10-13,15H,1-7,9H2. The van der Waals surface area contributed by atoms with Crippen molar-refractivity contribution in [3.8, 4) is 0 Å². The van der Waals surface area contributed by atoms with Crippen LogP contribution in [0.15, 0.2) is 18.7 Å². The summed E-state index contributed by atoms with van der Waals surface area (Å²) in [6.45, 7) is 4.59. The third-order valence-corrected chi connectivity index (χ3v) is 3.17. The van der Waals surface area contributed by atoms with E-state index in [4.69, 9.17) is 0 Å². The van der Waals surface area contributed by atoms with Gasteiger partial charge in [0, 0.05) is 25.0 Å². The number of hydrogen-bond acceptors (Lipinski definition) is 3. The molecular weight excluding hydrogens is 200 g/mol. The molecule has 0 bridgehead atoms. The number of aryl methyl sites for hydroxylation is 1. The number of rotatable bonds is 6. The summed E-state index contributed by atoms with van der Waals surface area (Å²) < 4.78 is 2.14. The average Bonchev–Trinajstić information content (AvgIpc) is 2.83. The molecular formula is C12H22N4. The van der Waals surface area contributed by atoms with Crippen LogP contribution in [-0.2, 0) is 6.54 Å². The Kier molecular flexibility index (Phi) is 4.83. The van der Waals surface area contributed by atoms with Crippen LogP contribution in [0.5, 0.6) is 0 Å². The summed E-state index contributed by atoms with van der Waals surface area (Å²) in [6.07, 6.45) is 10.8. The van der Waals surface area contributed by atoms with Crippen molar-refractivity contribution in [2.45, 2.75) is 38.3 Å². The van der Waals surface area contributed by atoms with Crippen molar-refractivity contribution in [1.29, 1.82) is 0 Å². The molecule has 1 aromatic heterocycles. The predicted molar refractivity (Wildman–Crippen MR) is 65.4 cm³/mol. The third-order valence-electron chi connectivity index (χ3n) is 3.17. The topological polar surface area (TPSA) is 41.9 Å². The molecule has 0 atom stereocenters. The fraction of sp³-hybridized carbons (Fsp3) is 0.750. The van der Waals surface area contributed by atoms with Crippen molar-refractivity contribution in [1.82, 2.24) is 20.2 Å². The second-order valence-electron chi connectivity index (χ2n) is 4.49. The first-order valence-corrected chi connectivity index (χ1v) is 6.35. The predicted octanol–water partition coefficient (Wildman–Crippen LogP) is 1.00. The van der Waals surface area contributed by atoms with E-state index in [0.717, 1.165) is 19.1 Å². The zero-order valence-corrected chi connectivity index (χ0v) is 9.86. The molecule has 0 saturated carbocycles. The molecule has 0 radical (unpaired) electrons. The third kappa shape index (κ3) is 3.94. The van der Waals surface area contributed by atoms with Gasteiger partial charge in [-0.25, -0.2) is 4.98 Å². The number of aromatic nitrogens is 2. The Bertz CT molecular complexity index is 265. The van der Waals surface area contributed by atoms with Gasteiger partial charge in [0.1, 0.15) is 0 Å². The largest absolute Gasteiger partial charge is 0.337 e. The molecule has 4 heteroatoms. The smallest absolute Gasteiger partial charge is 0.0945 e. The second kappa shape index (κ2) is 6.66. The summed E-state index contributed by atoms with van der Waals surface area (Å²) in [5, 5.41) is 7.02. The Balaban J connectivity index is 1.48. The van der Waals surface area contributed by atoms with Crippen LogP contribution in [0.25, 0.3) is 0 Å². The van der Waals surface area contributed by atoms with Crippen LogP contribution in [0.1, 0.15) is 25.7 Å². The summed E-state index contributed by atoms with van der Waals surface area (Å²) in [7, 11) is 0. The lowest BCUT2D eigenvalue weighted by Gasteiger charge is -2.23. The lowest BCUT2D eigenvalue weighted by Crippen LogP contribution is -2.40. The summed E-state index contributed by atoms with van der Waals surface area (Å²) in [5.41, 5.74) is 0. The van der Waals surface area contributed by atoms with Crippen molar-refractivity contribution in [3.63, 3.8) is 0 Å². The Hall–Kier alpha value is -0.870. The zero-order chi connectivity index (χ0) is 11.1. The van der Waals surface area contributed by atoms with Gasteiger partial charge < -0.3 is 15.2 Å². The first-order valence-electron chi connectivity index (χ1n) is 6.35. The molecule has 1 aliphatic rings. The van der Waals surface area contributed by atoms with E-state index in [1.807, 2.05) is 18.7 Å². The number of hydrogen-bond donors (Lipinski definition) is 2. The Morgan fingerprint density at radius 1 is 1.31 bits per heavy atom. The molecule has 90 valence electrons. The highest BCUT2D eigenvalue weighted by Crippen LogP contribution is 2.02. The van der Waals surface area contributed by atoms with Gasteiger partial charge in [-0.2, -0.15) is 0 Å². The second-order valence-corrected chi connectivity index (χ2v) is 4.49. The number of unbranched alkanes of at least 4 members (excludes halogenated alkanes) is 1. The van der Waals surface area contributed by atoms with Gasteiger partial charge in [-0.3, -0.25) is 0 Å². The number of nitrogens with one attached hydrogen (secondary N) is 2. The van der Waals surface area contributed by atoms with E-state index in [1.165, 1.54) is 38.8 Å². The van der Waals surface area contributed by atoms with Crippen LogP contribution in [-0.4, -0.2) is 35.2 Å². The molecule has 16 heavy (non-hydrogen) atoms. The molecule has 0 aliphatic carbocycles. The van der Waals surface area contributed by atoms with Gasteiger partial charge >= 0.3 is 0 Å². The van der Waals surface area contributed by atoms with Gasteiger partial charge in [0.05, 0.1) is 6.33 Å². The fourth-order valence-corrected chi connectivity index (χ4v) is 2.17. The average molecular weight is 222 g/mol. The first kappa shape index (κ1) is 11.6. The normalized spacial score (nSPS) is 17.8. The van der Waals surface area contributed by atoms with E-state index in [1.54, 1.807) is 0 Å². The minimum Gasteiger partial charge on any atom is -0.337 e. The molecule has 2 heterocycles. The molecule has 0 aromatic carbocycles. The number of nitrogens with zero attached hydrogens (tertiary/aromatic N) is 2. The van der Waals surface area contributed by atoms with Crippen LogP contribution in [0.2, 0.25) is 0 Å². The maximum Gasteiger partial charge on any atom is 0.0945 e. The van der Waals surface area contributed by atoms with Gasteiger partial charge in [0.15, 0.2) is 0 Å². The van der Waals surface area contributed by atoms with Gasteiger partial charge in [-0.05, 0) is 45.3 Å². The molecule has 0 amide bonds. The van der Waals surface area contributed by atoms with Crippen LogP contribution in [0.4, 0.5) is 0 Å². The Morgan fingerprint density at radius 3 is 2.94 bits per heavy atom. The van der Waals surface area contributed by atoms with Crippen molar-refractivity contribution < 1.29 is 0 Å². The number of piperidine rings is 1. The van der Waals surface area contributed by atoms with E-state index in [2.05, 4.69) is 20.2 Å². The maximum absolute atomic E-state index is 4.03. The summed E-state index contributed by atoms with van der Waals surface area (Å²) in [4.78, 5) is 4.03. The molecule has 1 fully saturated rings. The summed E-state index contributed by atoms with van der Waals surface area (Å²) in [5.74, 6) is 0. The summed E-state index contributed by atoms with van der Waals surface area (Å²) >= 11 is 0. The lowest BCUT2D eigenvalue weighted by molar-refractivity contribution is 0.382. The van der Waals surface area contributed by atoms with Crippen molar-refractivity contribution >= 4 is 0 Å². The van der Waals surface area contributed by atoms with E-state index in [9.17, 15) is 0 Å². The van der Waals surface area contributed by atoms with Gasteiger partial charge in [-0.15, -0.1) is 0 Å². The maximum atomic E-state index is 4.03. The number of imidazole rings is 1. The zero-order valence-electron chi connectivity index (χ0n) is 9.86. The molecule has 2 rings (SSSR count). The van der Waals surface area contributed by atoms with Gasteiger partial charge in [0.25, 0.3) is 0 Å². The van der Waals surface area contributed by atoms with Crippen molar-refractivity contribution in [2.24, 2.45) is 0 Å². The molecule has 1 aromatic rings. The van der Waals surface area contributed by atoms with Crippen LogP contribution < -0.4 is 10.6 Å². The van der Waals surface area contributed by atoms with Gasteiger partial charge in [0.2, 0.25) is 0 Å². The molecule has 1 aliphatic heterocycles. The van der Waals surface area contributed by atoms with Crippen molar-refractivity contribution in [2.75, 3.05) is 19.6 Å². The van der Waals surface area contributed by atoms with Gasteiger partial charge in [-0.1, -0.05) is 0 Å². The van der Waals surface area contributed by atoms with Crippen LogP contribution in [0, 0.1) is 0 Å². The first-order chi connectivity index (χ1) is 7.95. The van der Waals surface area contributed by atoms with Crippen LogP contribution in [0.3, 0.4) is 0 Å². The van der Waals surface area contributed by atoms with E-state index in [0.29, 0.717) is 0 Å². The Labute approximate surface area is 97.4 Å². The van der Waals surface area contributed by atoms with Crippen LogP contribution >= 0.6 is 0 Å². The molecule has 0 unspecified atom stereocenters. The fourth-order valence-electron chi connectivity index (χ4n) is 2.17. The molecule has 4 nitrogen and oxygen atoms in total. The molecule has 1 saturated heterocycles. The summed E-state index contributed by atoms with van der Waals surface area (Å²) in [6, 6.07) is 0.745. The highest BCUT2D eigenvalue weighted by Gasteiger charge is 2.10. The van der Waals surface area contributed by atoms with E-state index in [-0.39, 0.29) is 0 Å². The monoisotopic (exact) mass is 222 g/mol. The minimum absolute atomic E-state index is 0.745. The van der Waals surface area contributed by atoms with Crippen molar-refractivity contribution in [3.05, 3.63) is 18.7 Å². The SMILES string of the molecule is c1cn(CCCCNC2CCNCC2)cn1.